The number of aromatic nitrogens is 1. The molecule has 1 heterocycles. The highest BCUT2D eigenvalue weighted by atomic mass is 15.0. The standard InChI is InChI=1S/C24H29N/c1-5-9-10-20(8-4)17-25-23-13-11-18(6-2)15-21(23)22-16-19(7-3)12-14-24(22)25/h6-7,11-16,20H,2-3,5,8-10,17H2,1,4H3. The van der Waals surface area contributed by atoms with Crippen molar-refractivity contribution in [1.29, 1.82) is 0 Å². The number of hydrogen-bond donors (Lipinski definition) is 0. The smallest absolute Gasteiger partial charge is 0.0491 e. The average Bonchev–Trinajstić information content (AvgIpc) is 2.97. The van der Waals surface area contributed by atoms with E-state index >= 15 is 0 Å². The molecule has 0 aliphatic heterocycles. The van der Waals surface area contributed by atoms with E-state index in [4.69, 9.17) is 0 Å². The second kappa shape index (κ2) is 7.74. The van der Waals surface area contributed by atoms with E-state index in [0.717, 1.165) is 12.5 Å². The van der Waals surface area contributed by atoms with Gasteiger partial charge in [0.25, 0.3) is 0 Å². The van der Waals surface area contributed by atoms with Crippen LogP contribution in [0.4, 0.5) is 0 Å². The zero-order valence-electron chi connectivity index (χ0n) is 15.6. The molecule has 3 aromatic rings. The van der Waals surface area contributed by atoms with Crippen LogP contribution in [0.3, 0.4) is 0 Å². The van der Waals surface area contributed by atoms with Gasteiger partial charge in [0.2, 0.25) is 0 Å². The molecule has 1 atom stereocenters. The Morgan fingerprint density at radius 2 is 1.48 bits per heavy atom. The summed E-state index contributed by atoms with van der Waals surface area (Å²) in [5.74, 6) is 0.733. The predicted molar refractivity (Wildman–Crippen MR) is 113 cm³/mol. The zero-order chi connectivity index (χ0) is 17.8. The summed E-state index contributed by atoms with van der Waals surface area (Å²) in [6, 6.07) is 13.4. The Balaban J connectivity index is 2.17. The molecular weight excluding hydrogens is 302 g/mol. The molecule has 1 heteroatoms. The summed E-state index contributed by atoms with van der Waals surface area (Å²) in [5.41, 5.74) is 5.01. The van der Waals surface area contributed by atoms with Crippen LogP contribution in [0.2, 0.25) is 0 Å². The highest BCUT2D eigenvalue weighted by molar-refractivity contribution is 6.09. The van der Waals surface area contributed by atoms with Crippen molar-refractivity contribution in [3.05, 3.63) is 60.7 Å². The third-order valence-corrected chi connectivity index (χ3v) is 5.37. The molecule has 3 rings (SSSR count). The molecule has 1 nitrogen and oxygen atoms in total. The quantitative estimate of drug-likeness (QED) is 0.408. The maximum absolute atomic E-state index is 3.93. The summed E-state index contributed by atoms with van der Waals surface area (Å²) in [7, 11) is 0. The molecule has 0 saturated carbocycles. The molecule has 0 N–H and O–H groups in total. The Labute approximate surface area is 151 Å². The summed E-state index contributed by atoms with van der Waals surface area (Å²) in [4.78, 5) is 0. The number of benzene rings is 2. The van der Waals surface area contributed by atoms with Crippen molar-refractivity contribution in [3.63, 3.8) is 0 Å². The first-order chi connectivity index (χ1) is 12.2. The second-order valence-electron chi connectivity index (χ2n) is 6.99. The fourth-order valence-corrected chi connectivity index (χ4v) is 3.77. The summed E-state index contributed by atoms with van der Waals surface area (Å²) >= 11 is 0. The van der Waals surface area contributed by atoms with E-state index in [-0.39, 0.29) is 0 Å². The fourth-order valence-electron chi connectivity index (χ4n) is 3.77. The van der Waals surface area contributed by atoms with Gasteiger partial charge >= 0.3 is 0 Å². The van der Waals surface area contributed by atoms with Crippen molar-refractivity contribution in [2.75, 3.05) is 0 Å². The normalized spacial score (nSPS) is 12.6. The Morgan fingerprint density at radius 1 is 0.920 bits per heavy atom. The van der Waals surface area contributed by atoms with Gasteiger partial charge in [0.1, 0.15) is 0 Å². The van der Waals surface area contributed by atoms with Crippen LogP contribution in [0.25, 0.3) is 34.0 Å². The van der Waals surface area contributed by atoms with Crippen molar-refractivity contribution in [2.45, 2.75) is 46.1 Å². The number of fused-ring (bicyclic) bond motifs is 3. The lowest BCUT2D eigenvalue weighted by Crippen LogP contribution is -2.10. The lowest BCUT2D eigenvalue weighted by Gasteiger charge is -2.17. The highest BCUT2D eigenvalue weighted by Gasteiger charge is 2.14. The molecule has 0 spiro atoms. The van der Waals surface area contributed by atoms with Crippen molar-refractivity contribution >= 4 is 34.0 Å². The SMILES string of the molecule is C=Cc1ccc2c(c1)c1cc(C=C)ccc1n2CC(CC)CCCC. The molecule has 1 aromatic heterocycles. The van der Waals surface area contributed by atoms with Crippen LogP contribution in [0.5, 0.6) is 0 Å². The Kier molecular flexibility index (Phi) is 5.43. The average molecular weight is 332 g/mol. The minimum Gasteiger partial charge on any atom is -0.340 e. The van der Waals surface area contributed by atoms with Crippen LogP contribution in [0.1, 0.15) is 50.7 Å². The van der Waals surface area contributed by atoms with Gasteiger partial charge in [0.15, 0.2) is 0 Å². The molecule has 0 aliphatic carbocycles. The van der Waals surface area contributed by atoms with E-state index in [2.05, 4.69) is 68.0 Å². The van der Waals surface area contributed by atoms with Crippen LogP contribution in [-0.4, -0.2) is 4.57 Å². The predicted octanol–water partition coefficient (Wildman–Crippen LogP) is 7.30. The van der Waals surface area contributed by atoms with Gasteiger partial charge in [0, 0.05) is 28.4 Å². The minimum absolute atomic E-state index is 0.733. The van der Waals surface area contributed by atoms with Crippen LogP contribution in [0, 0.1) is 5.92 Å². The van der Waals surface area contributed by atoms with Crippen molar-refractivity contribution in [1.82, 2.24) is 4.57 Å². The maximum Gasteiger partial charge on any atom is 0.0491 e. The topological polar surface area (TPSA) is 4.93 Å². The van der Waals surface area contributed by atoms with Crippen LogP contribution in [0.15, 0.2) is 49.6 Å². The number of hydrogen-bond acceptors (Lipinski definition) is 0. The van der Waals surface area contributed by atoms with Crippen molar-refractivity contribution in [3.8, 4) is 0 Å². The molecule has 0 fully saturated rings. The third-order valence-electron chi connectivity index (χ3n) is 5.37. The molecule has 1 unspecified atom stereocenters. The van der Waals surface area contributed by atoms with Gasteiger partial charge in [-0.15, -0.1) is 0 Å². The summed E-state index contributed by atoms with van der Waals surface area (Å²) in [6.45, 7) is 13.6. The maximum atomic E-state index is 3.93. The van der Waals surface area contributed by atoms with Gasteiger partial charge in [-0.05, 0) is 47.7 Å². The van der Waals surface area contributed by atoms with Gasteiger partial charge in [-0.3, -0.25) is 0 Å². The van der Waals surface area contributed by atoms with E-state index in [1.807, 2.05) is 12.2 Å². The first-order valence-corrected chi connectivity index (χ1v) is 9.52. The number of unbranched alkanes of at least 4 members (excludes halogenated alkanes) is 1. The molecule has 0 aliphatic rings. The van der Waals surface area contributed by atoms with E-state index in [9.17, 15) is 0 Å². The highest BCUT2D eigenvalue weighted by Crippen LogP contribution is 2.32. The Bertz CT molecular complexity index is 832. The van der Waals surface area contributed by atoms with Gasteiger partial charge in [-0.2, -0.15) is 0 Å². The summed E-state index contributed by atoms with van der Waals surface area (Å²) in [5, 5.41) is 2.64. The molecule has 0 bridgehead atoms. The molecule has 0 amide bonds. The van der Waals surface area contributed by atoms with Crippen LogP contribution < -0.4 is 0 Å². The van der Waals surface area contributed by atoms with E-state index in [1.54, 1.807) is 0 Å². The minimum atomic E-state index is 0.733. The fraction of sp³-hybridized carbons (Fsp3) is 0.333. The monoisotopic (exact) mass is 331 g/mol. The molecule has 0 radical (unpaired) electrons. The van der Waals surface area contributed by atoms with Gasteiger partial charge in [-0.1, -0.05) is 70.6 Å². The lowest BCUT2D eigenvalue weighted by atomic mass is 9.99. The molecule has 130 valence electrons. The van der Waals surface area contributed by atoms with Crippen molar-refractivity contribution < 1.29 is 0 Å². The number of rotatable bonds is 8. The molecule has 0 saturated heterocycles. The third kappa shape index (κ3) is 3.42. The van der Waals surface area contributed by atoms with E-state index in [1.165, 1.54) is 58.6 Å². The zero-order valence-corrected chi connectivity index (χ0v) is 15.6. The van der Waals surface area contributed by atoms with E-state index in [0.29, 0.717) is 0 Å². The van der Waals surface area contributed by atoms with Crippen molar-refractivity contribution in [2.24, 2.45) is 5.92 Å². The van der Waals surface area contributed by atoms with Gasteiger partial charge in [0.05, 0.1) is 0 Å². The first-order valence-electron chi connectivity index (χ1n) is 9.52. The summed E-state index contributed by atoms with van der Waals surface area (Å²) in [6.07, 6.45) is 8.98. The number of nitrogens with zero attached hydrogens (tertiary/aromatic N) is 1. The van der Waals surface area contributed by atoms with Gasteiger partial charge < -0.3 is 4.57 Å². The largest absolute Gasteiger partial charge is 0.340 e. The lowest BCUT2D eigenvalue weighted by molar-refractivity contribution is 0.401. The molecule has 2 aromatic carbocycles. The Morgan fingerprint density at radius 3 is 1.92 bits per heavy atom. The molecular formula is C24H29N. The first kappa shape index (κ1) is 17.5. The molecule has 25 heavy (non-hydrogen) atoms. The van der Waals surface area contributed by atoms with E-state index < -0.39 is 0 Å². The van der Waals surface area contributed by atoms with Gasteiger partial charge in [-0.25, -0.2) is 0 Å². The van der Waals surface area contributed by atoms with Crippen LogP contribution in [-0.2, 0) is 6.54 Å². The van der Waals surface area contributed by atoms with Crippen LogP contribution >= 0.6 is 0 Å². The second-order valence-corrected chi connectivity index (χ2v) is 6.99. The summed E-state index contributed by atoms with van der Waals surface area (Å²) < 4.78 is 2.52. The Hall–Kier alpha value is -2.28.